The fourth-order valence-electron chi connectivity index (χ4n) is 2.89. The molecule has 0 unspecified atom stereocenters. The van der Waals surface area contributed by atoms with Crippen molar-refractivity contribution in [3.63, 3.8) is 0 Å². The van der Waals surface area contributed by atoms with Gasteiger partial charge in [0.25, 0.3) is 0 Å². The van der Waals surface area contributed by atoms with Crippen molar-refractivity contribution >= 4 is 33.4 Å². The molecule has 3 rings (SSSR count). The van der Waals surface area contributed by atoms with E-state index in [-0.39, 0.29) is 11.8 Å². The predicted molar refractivity (Wildman–Crippen MR) is 99.7 cm³/mol. The van der Waals surface area contributed by atoms with E-state index >= 15 is 0 Å². The van der Waals surface area contributed by atoms with Crippen LogP contribution in [-0.4, -0.2) is 78.3 Å². The van der Waals surface area contributed by atoms with Gasteiger partial charge in [0.1, 0.15) is 0 Å². The fourth-order valence-corrected chi connectivity index (χ4v) is 3.85. The van der Waals surface area contributed by atoms with Gasteiger partial charge in [-0.3, -0.25) is 14.5 Å². The summed E-state index contributed by atoms with van der Waals surface area (Å²) in [6, 6.07) is 8.06. The molecule has 6 nitrogen and oxygen atoms in total. The second-order valence-electron chi connectivity index (χ2n) is 6.52. The molecule has 2 heterocycles. The van der Waals surface area contributed by atoms with Gasteiger partial charge in [-0.25, -0.2) is 4.98 Å². The molecule has 2 amide bonds. The number of hydrogen-bond donors (Lipinski definition) is 0. The summed E-state index contributed by atoms with van der Waals surface area (Å²) < 4.78 is 1.17. The summed E-state index contributed by atoms with van der Waals surface area (Å²) in [5.41, 5.74) is 1.01. The van der Waals surface area contributed by atoms with E-state index < -0.39 is 0 Å². The molecule has 1 fully saturated rings. The van der Waals surface area contributed by atoms with Crippen LogP contribution in [0.15, 0.2) is 24.3 Å². The van der Waals surface area contributed by atoms with Gasteiger partial charge in [0, 0.05) is 53.1 Å². The first-order chi connectivity index (χ1) is 12.0. The molecule has 1 aliphatic rings. The molecule has 1 aliphatic heterocycles. The van der Waals surface area contributed by atoms with Crippen LogP contribution in [0.3, 0.4) is 0 Å². The number of rotatable bonds is 5. The monoisotopic (exact) mass is 360 g/mol. The Morgan fingerprint density at radius 1 is 1.16 bits per heavy atom. The molecular weight excluding hydrogens is 336 g/mol. The average molecular weight is 360 g/mol. The number of thiazole rings is 1. The zero-order valence-electron chi connectivity index (χ0n) is 14.8. The van der Waals surface area contributed by atoms with Crippen molar-refractivity contribution < 1.29 is 9.59 Å². The number of carbonyl (C=O) groups excluding carboxylic acids is 2. The molecule has 0 atom stereocenters. The van der Waals surface area contributed by atoms with E-state index in [0.29, 0.717) is 32.5 Å². The van der Waals surface area contributed by atoms with Crippen LogP contribution in [0.1, 0.15) is 11.4 Å². The molecule has 0 N–H and O–H groups in total. The van der Waals surface area contributed by atoms with Crippen molar-refractivity contribution in [2.45, 2.75) is 12.8 Å². The number of likely N-dealkylation sites (N-methyl/N-ethyl adjacent to an activating group) is 1. The topological polar surface area (TPSA) is 56.8 Å². The molecule has 0 aliphatic carbocycles. The van der Waals surface area contributed by atoms with Crippen molar-refractivity contribution in [1.82, 2.24) is 19.7 Å². The van der Waals surface area contributed by atoms with Crippen LogP contribution in [0, 0.1) is 0 Å². The minimum atomic E-state index is 0.107. The smallest absolute Gasteiger partial charge is 0.236 e. The van der Waals surface area contributed by atoms with Crippen LogP contribution < -0.4 is 0 Å². The third-order valence-electron chi connectivity index (χ3n) is 4.47. The Labute approximate surface area is 152 Å². The number of para-hydroxylation sites is 1. The standard InChI is InChI=1S/C18H24N4O2S/c1-20(2)18(24)13-21-9-11-22(12-10-21)17(23)8-7-16-19-14-5-3-4-6-15(14)25-16/h3-6H,7-13H2,1-2H3. The zero-order valence-corrected chi connectivity index (χ0v) is 15.6. The second kappa shape index (κ2) is 7.93. The van der Waals surface area contributed by atoms with Crippen molar-refractivity contribution in [3.05, 3.63) is 29.3 Å². The minimum absolute atomic E-state index is 0.107. The molecule has 0 saturated carbocycles. The fraction of sp³-hybridized carbons (Fsp3) is 0.500. The van der Waals surface area contributed by atoms with Gasteiger partial charge in [-0.1, -0.05) is 12.1 Å². The van der Waals surface area contributed by atoms with E-state index in [0.717, 1.165) is 23.6 Å². The molecule has 7 heteroatoms. The number of piperazine rings is 1. The highest BCUT2D eigenvalue weighted by atomic mass is 32.1. The van der Waals surface area contributed by atoms with Crippen LogP contribution in [0.2, 0.25) is 0 Å². The molecule has 0 bridgehead atoms. The lowest BCUT2D eigenvalue weighted by molar-refractivity contribution is -0.134. The Morgan fingerprint density at radius 2 is 1.88 bits per heavy atom. The SMILES string of the molecule is CN(C)C(=O)CN1CCN(C(=O)CCc2nc3ccccc3s2)CC1. The van der Waals surface area contributed by atoms with Gasteiger partial charge < -0.3 is 9.80 Å². The van der Waals surface area contributed by atoms with Gasteiger partial charge in [0.15, 0.2) is 0 Å². The van der Waals surface area contributed by atoms with E-state index in [2.05, 4.69) is 16.0 Å². The van der Waals surface area contributed by atoms with Crippen molar-refractivity contribution in [2.24, 2.45) is 0 Å². The van der Waals surface area contributed by atoms with E-state index in [1.807, 2.05) is 23.1 Å². The summed E-state index contributed by atoms with van der Waals surface area (Å²) in [6.45, 7) is 3.33. The third-order valence-corrected chi connectivity index (χ3v) is 5.57. The molecule has 0 radical (unpaired) electrons. The van der Waals surface area contributed by atoms with Crippen molar-refractivity contribution in [3.8, 4) is 0 Å². The highest BCUT2D eigenvalue weighted by Crippen LogP contribution is 2.22. The van der Waals surface area contributed by atoms with E-state index in [9.17, 15) is 9.59 Å². The van der Waals surface area contributed by atoms with Crippen LogP contribution >= 0.6 is 11.3 Å². The van der Waals surface area contributed by atoms with Gasteiger partial charge in [-0.05, 0) is 12.1 Å². The normalized spacial score (nSPS) is 15.5. The van der Waals surface area contributed by atoms with Gasteiger partial charge in [0.2, 0.25) is 11.8 Å². The number of nitrogens with zero attached hydrogens (tertiary/aromatic N) is 4. The predicted octanol–water partition coefficient (Wildman–Crippen LogP) is 1.46. The Balaban J connectivity index is 1.45. The number of aromatic nitrogens is 1. The van der Waals surface area contributed by atoms with Crippen LogP contribution in [0.25, 0.3) is 10.2 Å². The van der Waals surface area contributed by atoms with Crippen LogP contribution in [0.4, 0.5) is 0 Å². The summed E-state index contributed by atoms with van der Waals surface area (Å²) in [7, 11) is 3.54. The molecule has 134 valence electrons. The zero-order chi connectivity index (χ0) is 17.8. The first-order valence-corrected chi connectivity index (χ1v) is 9.39. The minimum Gasteiger partial charge on any atom is -0.348 e. The average Bonchev–Trinajstić information content (AvgIpc) is 3.03. The Kier molecular flexibility index (Phi) is 5.65. The van der Waals surface area contributed by atoms with E-state index in [4.69, 9.17) is 0 Å². The molecular formula is C18H24N4O2S. The number of benzene rings is 1. The first kappa shape index (κ1) is 17.8. The molecule has 2 aromatic rings. The number of fused-ring (bicyclic) bond motifs is 1. The maximum absolute atomic E-state index is 12.4. The Hall–Kier alpha value is -1.99. The lowest BCUT2D eigenvalue weighted by Crippen LogP contribution is -2.51. The number of carbonyl (C=O) groups is 2. The van der Waals surface area contributed by atoms with Crippen molar-refractivity contribution in [1.29, 1.82) is 0 Å². The summed E-state index contributed by atoms with van der Waals surface area (Å²) in [5, 5.41) is 1.02. The summed E-state index contributed by atoms with van der Waals surface area (Å²) >= 11 is 1.66. The Morgan fingerprint density at radius 3 is 2.56 bits per heavy atom. The quantitative estimate of drug-likeness (QED) is 0.810. The lowest BCUT2D eigenvalue weighted by atomic mass is 10.2. The third kappa shape index (κ3) is 4.55. The van der Waals surface area contributed by atoms with E-state index in [1.54, 1.807) is 30.3 Å². The summed E-state index contributed by atoms with van der Waals surface area (Å²) in [6.07, 6.45) is 1.19. The van der Waals surface area contributed by atoms with Gasteiger partial charge >= 0.3 is 0 Å². The van der Waals surface area contributed by atoms with Gasteiger partial charge in [0.05, 0.1) is 21.8 Å². The molecule has 1 saturated heterocycles. The largest absolute Gasteiger partial charge is 0.348 e. The number of aryl methyl sites for hydroxylation is 1. The molecule has 0 spiro atoms. The van der Waals surface area contributed by atoms with Crippen molar-refractivity contribution in [2.75, 3.05) is 46.8 Å². The second-order valence-corrected chi connectivity index (χ2v) is 7.64. The highest BCUT2D eigenvalue weighted by Gasteiger charge is 2.22. The molecule has 1 aromatic carbocycles. The number of hydrogen-bond acceptors (Lipinski definition) is 5. The summed E-state index contributed by atoms with van der Waals surface area (Å²) in [5.74, 6) is 0.286. The maximum atomic E-state index is 12.4. The molecule has 1 aromatic heterocycles. The van der Waals surface area contributed by atoms with Crippen LogP contribution in [-0.2, 0) is 16.0 Å². The Bertz CT molecular complexity index is 717. The van der Waals surface area contributed by atoms with Gasteiger partial charge in [-0.2, -0.15) is 0 Å². The van der Waals surface area contributed by atoms with E-state index in [1.165, 1.54) is 4.70 Å². The summed E-state index contributed by atoms with van der Waals surface area (Å²) in [4.78, 5) is 34.4. The molecule has 25 heavy (non-hydrogen) atoms. The van der Waals surface area contributed by atoms with Gasteiger partial charge in [-0.15, -0.1) is 11.3 Å². The highest BCUT2D eigenvalue weighted by molar-refractivity contribution is 7.18. The number of amides is 2. The van der Waals surface area contributed by atoms with Crippen LogP contribution in [0.5, 0.6) is 0 Å². The lowest BCUT2D eigenvalue weighted by Gasteiger charge is -2.34. The first-order valence-electron chi connectivity index (χ1n) is 8.57. The maximum Gasteiger partial charge on any atom is 0.236 e.